The lowest BCUT2D eigenvalue weighted by molar-refractivity contribution is 0.0823. The molecule has 0 spiro atoms. The Labute approximate surface area is 70.8 Å². The zero-order chi connectivity index (χ0) is 8.97. The van der Waals surface area contributed by atoms with Gasteiger partial charge in [0.15, 0.2) is 6.10 Å². The molecule has 0 aromatic carbocycles. The zero-order valence-electron chi connectivity index (χ0n) is 6.90. The van der Waals surface area contributed by atoms with E-state index in [0.717, 1.165) is 0 Å². The van der Waals surface area contributed by atoms with Crippen molar-refractivity contribution in [3.63, 3.8) is 0 Å². The average molecular weight is 172 g/mol. The Morgan fingerprint density at radius 2 is 2.17 bits per heavy atom. The molecule has 4 heteroatoms. The molecule has 0 saturated carbocycles. The Kier molecular flexibility index (Phi) is 3.10. The third kappa shape index (κ3) is 1.98. The Morgan fingerprint density at radius 3 is 2.75 bits per heavy atom. The molecule has 1 heterocycles. The van der Waals surface area contributed by atoms with Gasteiger partial charge in [0.25, 0.3) is 0 Å². The van der Waals surface area contributed by atoms with E-state index in [1.165, 1.54) is 0 Å². The lowest BCUT2D eigenvalue weighted by Crippen LogP contribution is -2.25. The predicted octanol–water partition coefficient (Wildman–Crippen LogP) is 0.849. The molecule has 0 aromatic heterocycles. The van der Waals surface area contributed by atoms with E-state index < -0.39 is 12.3 Å². The number of allylic oxidation sites excluding steroid dienone is 1. The van der Waals surface area contributed by atoms with Crippen LogP contribution in [-0.2, 0) is 9.47 Å². The van der Waals surface area contributed by atoms with Crippen LogP contribution in [0, 0.1) is 0 Å². The molecule has 2 atom stereocenters. The molecule has 12 heavy (non-hydrogen) atoms. The van der Waals surface area contributed by atoms with Crippen LogP contribution in [0.1, 0.15) is 13.3 Å². The molecule has 4 nitrogen and oxygen atoms in total. The van der Waals surface area contributed by atoms with Crippen LogP contribution in [0.3, 0.4) is 0 Å². The maximum absolute atomic E-state index is 10.6. The molecule has 1 saturated heterocycles. The molecule has 0 bridgehead atoms. The number of carbonyl (C=O) groups excluding carboxylic acids is 1. The van der Waals surface area contributed by atoms with E-state index in [-0.39, 0.29) is 12.7 Å². The molecular formula is C8H12O4. The van der Waals surface area contributed by atoms with Gasteiger partial charge < -0.3 is 14.6 Å². The summed E-state index contributed by atoms with van der Waals surface area (Å²) in [5.74, 6) is 0. The monoisotopic (exact) mass is 172 g/mol. The summed E-state index contributed by atoms with van der Waals surface area (Å²) in [5.41, 5.74) is 0. The minimum atomic E-state index is -0.691. The summed E-state index contributed by atoms with van der Waals surface area (Å²) in [7, 11) is 0. The quantitative estimate of drug-likeness (QED) is 0.506. The van der Waals surface area contributed by atoms with Gasteiger partial charge in [-0.1, -0.05) is 12.2 Å². The van der Waals surface area contributed by atoms with Gasteiger partial charge in [-0.3, -0.25) is 0 Å². The van der Waals surface area contributed by atoms with Crippen molar-refractivity contribution in [2.24, 2.45) is 0 Å². The second kappa shape index (κ2) is 4.11. The fourth-order valence-electron chi connectivity index (χ4n) is 1.05. The van der Waals surface area contributed by atoms with Gasteiger partial charge in [-0.05, 0) is 6.92 Å². The van der Waals surface area contributed by atoms with Gasteiger partial charge in [-0.25, -0.2) is 4.79 Å². The Hall–Kier alpha value is -1.03. The van der Waals surface area contributed by atoms with E-state index in [2.05, 4.69) is 4.74 Å². The van der Waals surface area contributed by atoms with Crippen molar-refractivity contribution < 1.29 is 19.4 Å². The molecule has 0 unspecified atom stereocenters. The summed E-state index contributed by atoms with van der Waals surface area (Å²) < 4.78 is 9.47. The molecule has 1 aliphatic heterocycles. The molecule has 0 aliphatic carbocycles. The van der Waals surface area contributed by atoms with Crippen molar-refractivity contribution in [2.75, 3.05) is 6.61 Å². The van der Waals surface area contributed by atoms with Crippen LogP contribution < -0.4 is 0 Å². The van der Waals surface area contributed by atoms with Crippen molar-refractivity contribution in [3.05, 3.63) is 12.2 Å². The predicted molar refractivity (Wildman–Crippen MR) is 41.7 cm³/mol. The highest BCUT2D eigenvalue weighted by atomic mass is 16.8. The highest BCUT2D eigenvalue weighted by molar-refractivity contribution is 5.62. The minimum absolute atomic E-state index is 0.187. The van der Waals surface area contributed by atoms with Crippen LogP contribution in [-0.4, -0.2) is 30.1 Å². The highest BCUT2D eigenvalue weighted by Gasteiger charge is 2.34. The molecule has 68 valence electrons. The Bertz CT molecular complexity index is 187. The number of aliphatic hydroxyl groups is 1. The van der Waals surface area contributed by atoms with Crippen LogP contribution in [0.4, 0.5) is 4.79 Å². The first kappa shape index (κ1) is 9.06. The highest BCUT2D eigenvalue weighted by Crippen LogP contribution is 2.17. The topological polar surface area (TPSA) is 55.8 Å². The van der Waals surface area contributed by atoms with Crippen LogP contribution >= 0.6 is 0 Å². The number of cyclic esters (lactones) is 2. The molecule has 1 aliphatic rings. The van der Waals surface area contributed by atoms with Gasteiger partial charge in [0, 0.05) is 6.42 Å². The number of hydrogen-bond acceptors (Lipinski definition) is 4. The van der Waals surface area contributed by atoms with E-state index >= 15 is 0 Å². The zero-order valence-corrected chi connectivity index (χ0v) is 6.90. The maximum Gasteiger partial charge on any atom is 0.509 e. The van der Waals surface area contributed by atoms with Gasteiger partial charge in [0.1, 0.15) is 6.10 Å². The summed E-state index contributed by atoms with van der Waals surface area (Å²) in [6, 6.07) is 0. The average Bonchev–Trinajstić information content (AvgIpc) is 2.42. The number of aliphatic hydroxyl groups excluding tert-OH is 1. The summed E-state index contributed by atoms with van der Waals surface area (Å²) >= 11 is 0. The van der Waals surface area contributed by atoms with Gasteiger partial charge in [-0.15, -0.1) is 0 Å². The van der Waals surface area contributed by atoms with Crippen molar-refractivity contribution >= 4 is 6.16 Å². The molecule has 0 aromatic rings. The first-order valence-corrected chi connectivity index (χ1v) is 3.87. The van der Waals surface area contributed by atoms with Crippen LogP contribution in [0.2, 0.25) is 0 Å². The van der Waals surface area contributed by atoms with Gasteiger partial charge in [0.2, 0.25) is 0 Å². The Balaban J connectivity index is 2.45. The standard InChI is InChI=1S/C8H12O4/c1-2-3-4-6-7(5-9)12-8(10)11-6/h2-3,6-7,9H,4-5H2,1H3/b3-2+/t6-,7+/m0/s1. The normalized spacial score (nSPS) is 29.0. The third-order valence-corrected chi connectivity index (χ3v) is 1.69. The second-order valence-corrected chi connectivity index (χ2v) is 2.55. The minimum Gasteiger partial charge on any atom is -0.427 e. The van der Waals surface area contributed by atoms with Crippen LogP contribution in [0.15, 0.2) is 12.2 Å². The van der Waals surface area contributed by atoms with Crippen LogP contribution in [0.25, 0.3) is 0 Å². The van der Waals surface area contributed by atoms with E-state index in [0.29, 0.717) is 6.42 Å². The molecule has 1 rings (SSSR count). The van der Waals surface area contributed by atoms with E-state index in [4.69, 9.17) is 9.84 Å². The third-order valence-electron chi connectivity index (χ3n) is 1.69. The van der Waals surface area contributed by atoms with Crippen molar-refractivity contribution in [1.82, 2.24) is 0 Å². The van der Waals surface area contributed by atoms with Crippen molar-refractivity contribution in [2.45, 2.75) is 25.6 Å². The van der Waals surface area contributed by atoms with E-state index in [1.807, 2.05) is 19.1 Å². The molecule has 1 N–H and O–H groups in total. The first-order valence-electron chi connectivity index (χ1n) is 3.87. The number of hydrogen-bond donors (Lipinski definition) is 1. The largest absolute Gasteiger partial charge is 0.509 e. The lowest BCUT2D eigenvalue weighted by Gasteiger charge is -2.09. The fourth-order valence-corrected chi connectivity index (χ4v) is 1.05. The second-order valence-electron chi connectivity index (χ2n) is 2.55. The molecular weight excluding hydrogens is 160 g/mol. The van der Waals surface area contributed by atoms with E-state index in [9.17, 15) is 4.79 Å². The summed E-state index contributed by atoms with van der Waals surface area (Å²) in [6.45, 7) is 1.69. The van der Waals surface area contributed by atoms with Gasteiger partial charge in [0.05, 0.1) is 6.61 Å². The SMILES string of the molecule is C/C=C/C[C@@H]1OC(=O)O[C@@H]1CO. The number of rotatable bonds is 3. The van der Waals surface area contributed by atoms with Gasteiger partial charge in [-0.2, -0.15) is 0 Å². The van der Waals surface area contributed by atoms with Crippen molar-refractivity contribution in [1.29, 1.82) is 0 Å². The first-order chi connectivity index (χ1) is 5.77. The smallest absolute Gasteiger partial charge is 0.427 e. The van der Waals surface area contributed by atoms with Crippen molar-refractivity contribution in [3.8, 4) is 0 Å². The molecule has 0 amide bonds. The van der Waals surface area contributed by atoms with Gasteiger partial charge >= 0.3 is 6.16 Å². The van der Waals surface area contributed by atoms with E-state index in [1.54, 1.807) is 0 Å². The number of ether oxygens (including phenoxy) is 2. The fraction of sp³-hybridized carbons (Fsp3) is 0.625. The number of carbonyl (C=O) groups is 1. The summed E-state index contributed by atoms with van der Waals surface area (Å²) in [5, 5.41) is 8.77. The molecule has 0 radical (unpaired) electrons. The Morgan fingerprint density at radius 1 is 1.50 bits per heavy atom. The van der Waals surface area contributed by atoms with Crippen LogP contribution in [0.5, 0.6) is 0 Å². The summed E-state index contributed by atoms with van der Waals surface area (Å²) in [4.78, 5) is 10.6. The lowest BCUT2D eigenvalue weighted by atomic mass is 10.1. The maximum atomic E-state index is 10.6. The molecule has 1 fully saturated rings. The summed E-state index contributed by atoms with van der Waals surface area (Å²) in [6.07, 6.45) is 2.79.